The van der Waals surface area contributed by atoms with Crippen molar-refractivity contribution in [2.75, 3.05) is 13.1 Å². The SMILES string of the molecule is Cc1ccc(C(=O)NCC(C)N2CCc3sccc3C2)cc1F. The molecule has 2 heterocycles. The van der Waals surface area contributed by atoms with Crippen LogP contribution >= 0.6 is 11.3 Å². The van der Waals surface area contributed by atoms with E-state index in [1.54, 1.807) is 19.1 Å². The van der Waals surface area contributed by atoms with Crippen LogP contribution in [0.25, 0.3) is 0 Å². The lowest BCUT2D eigenvalue weighted by Crippen LogP contribution is -2.44. The average Bonchev–Trinajstić information content (AvgIpc) is 3.02. The van der Waals surface area contributed by atoms with E-state index in [1.807, 2.05) is 11.3 Å². The number of carbonyl (C=O) groups is 1. The molecule has 1 aliphatic heterocycles. The maximum atomic E-state index is 13.6. The van der Waals surface area contributed by atoms with Gasteiger partial charge in [0.15, 0.2) is 0 Å². The van der Waals surface area contributed by atoms with Crippen LogP contribution < -0.4 is 5.32 Å². The summed E-state index contributed by atoms with van der Waals surface area (Å²) in [5.74, 6) is -0.560. The lowest BCUT2D eigenvalue weighted by atomic mass is 10.1. The summed E-state index contributed by atoms with van der Waals surface area (Å²) in [5.41, 5.74) is 2.33. The Labute approximate surface area is 140 Å². The molecule has 1 amide bonds. The van der Waals surface area contributed by atoms with Crippen LogP contribution in [0.2, 0.25) is 0 Å². The van der Waals surface area contributed by atoms with Crippen LogP contribution in [0.3, 0.4) is 0 Å². The standard InChI is InChI=1S/C18H21FN2OS/c1-12-3-4-14(9-16(12)19)18(22)20-10-13(2)21-7-5-17-15(11-21)6-8-23-17/h3-4,6,8-9,13H,5,7,10-11H2,1-2H3,(H,20,22). The number of thiophene rings is 1. The smallest absolute Gasteiger partial charge is 0.251 e. The molecule has 1 atom stereocenters. The van der Waals surface area contributed by atoms with Crippen LogP contribution in [0.5, 0.6) is 0 Å². The largest absolute Gasteiger partial charge is 0.350 e. The number of nitrogens with zero attached hydrogens (tertiary/aromatic N) is 1. The Morgan fingerprint density at radius 2 is 2.26 bits per heavy atom. The molecule has 0 fully saturated rings. The first-order valence-electron chi connectivity index (χ1n) is 7.88. The highest BCUT2D eigenvalue weighted by Crippen LogP contribution is 2.25. The third kappa shape index (κ3) is 3.62. The van der Waals surface area contributed by atoms with Gasteiger partial charge in [-0.1, -0.05) is 6.07 Å². The molecular formula is C18H21FN2OS. The number of carbonyl (C=O) groups excluding carboxylic acids is 1. The Morgan fingerprint density at radius 3 is 3.04 bits per heavy atom. The van der Waals surface area contributed by atoms with Crippen molar-refractivity contribution >= 4 is 17.2 Å². The Hall–Kier alpha value is -1.72. The summed E-state index contributed by atoms with van der Waals surface area (Å²) in [6.07, 6.45) is 1.08. The van der Waals surface area contributed by atoms with Crippen LogP contribution in [-0.4, -0.2) is 29.9 Å². The summed E-state index contributed by atoms with van der Waals surface area (Å²) in [7, 11) is 0. The number of halogens is 1. The van der Waals surface area contributed by atoms with Gasteiger partial charge in [-0.15, -0.1) is 11.3 Å². The van der Waals surface area contributed by atoms with Crippen molar-refractivity contribution in [2.45, 2.75) is 32.9 Å². The number of benzene rings is 1. The fourth-order valence-electron chi connectivity index (χ4n) is 2.85. The monoisotopic (exact) mass is 332 g/mol. The quantitative estimate of drug-likeness (QED) is 0.931. The molecular weight excluding hydrogens is 311 g/mol. The number of hydrogen-bond donors (Lipinski definition) is 1. The molecule has 0 spiro atoms. The van der Waals surface area contributed by atoms with Crippen LogP contribution in [0, 0.1) is 12.7 Å². The Morgan fingerprint density at radius 1 is 1.43 bits per heavy atom. The third-order valence-corrected chi connectivity index (χ3v) is 5.48. The maximum Gasteiger partial charge on any atom is 0.251 e. The molecule has 0 saturated carbocycles. The van der Waals surface area contributed by atoms with Gasteiger partial charge in [0, 0.05) is 36.1 Å². The first-order chi connectivity index (χ1) is 11.0. The zero-order chi connectivity index (χ0) is 16.4. The van der Waals surface area contributed by atoms with Gasteiger partial charge in [-0.2, -0.15) is 0 Å². The number of amides is 1. The normalized spacial score (nSPS) is 16.0. The van der Waals surface area contributed by atoms with Gasteiger partial charge in [0.2, 0.25) is 0 Å². The summed E-state index contributed by atoms with van der Waals surface area (Å²) >= 11 is 1.83. The summed E-state index contributed by atoms with van der Waals surface area (Å²) in [6, 6.07) is 7.04. The predicted molar refractivity (Wildman–Crippen MR) is 91.4 cm³/mol. The van der Waals surface area contributed by atoms with E-state index in [2.05, 4.69) is 28.6 Å². The molecule has 0 aliphatic carbocycles. The van der Waals surface area contributed by atoms with Gasteiger partial charge in [-0.05, 0) is 55.0 Å². The van der Waals surface area contributed by atoms with Gasteiger partial charge in [0.25, 0.3) is 5.91 Å². The molecule has 0 saturated heterocycles. The van der Waals surface area contributed by atoms with Gasteiger partial charge in [0.1, 0.15) is 5.82 Å². The van der Waals surface area contributed by atoms with E-state index in [0.29, 0.717) is 17.7 Å². The first kappa shape index (κ1) is 16.1. The molecule has 0 radical (unpaired) electrons. The second-order valence-corrected chi connectivity index (χ2v) is 7.11. The van der Waals surface area contributed by atoms with Crippen molar-refractivity contribution in [3.63, 3.8) is 0 Å². The van der Waals surface area contributed by atoms with E-state index in [0.717, 1.165) is 19.5 Å². The van der Waals surface area contributed by atoms with Crippen LogP contribution in [0.1, 0.15) is 33.3 Å². The first-order valence-corrected chi connectivity index (χ1v) is 8.76. The Balaban J connectivity index is 1.55. The number of hydrogen-bond acceptors (Lipinski definition) is 3. The fourth-order valence-corrected chi connectivity index (χ4v) is 3.74. The van der Waals surface area contributed by atoms with Crippen molar-refractivity contribution in [1.82, 2.24) is 10.2 Å². The molecule has 5 heteroatoms. The van der Waals surface area contributed by atoms with E-state index in [1.165, 1.54) is 16.5 Å². The van der Waals surface area contributed by atoms with Gasteiger partial charge in [-0.25, -0.2) is 4.39 Å². The zero-order valence-corrected chi connectivity index (χ0v) is 14.3. The van der Waals surface area contributed by atoms with Gasteiger partial charge < -0.3 is 5.32 Å². The fraction of sp³-hybridized carbons (Fsp3) is 0.389. The minimum Gasteiger partial charge on any atom is -0.350 e. The second kappa shape index (κ2) is 6.81. The second-order valence-electron chi connectivity index (χ2n) is 6.11. The molecule has 1 unspecified atom stereocenters. The van der Waals surface area contributed by atoms with E-state index in [9.17, 15) is 9.18 Å². The summed E-state index contributed by atoms with van der Waals surface area (Å²) in [4.78, 5) is 16.0. The number of fused-ring (bicyclic) bond motifs is 1. The number of nitrogens with one attached hydrogen (secondary N) is 1. The van der Waals surface area contributed by atoms with Crippen molar-refractivity contribution in [1.29, 1.82) is 0 Å². The van der Waals surface area contributed by atoms with Gasteiger partial charge in [0.05, 0.1) is 0 Å². The molecule has 122 valence electrons. The van der Waals surface area contributed by atoms with Crippen LogP contribution in [0.4, 0.5) is 4.39 Å². The third-order valence-electron chi connectivity index (χ3n) is 4.45. The highest BCUT2D eigenvalue weighted by molar-refractivity contribution is 7.10. The van der Waals surface area contributed by atoms with Crippen molar-refractivity contribution in [3.05, 3.63) is 57.0 Å². The van der Waals surface area contributed by atoms with E-state index in [-0.39, 0.29) is 17.8 Å². The summed E-state index contributed by atoms with van der Waals surface area (Å²) in [5, 5.41) is 5.06. The molecule has 3 nitrogen and oxygen atoms in total. The molecule has 3 rings (SSSR count). The van der Waals surface area contributed by atoms with Crippen molar-refractivity contribution in [3.8, 4) is 0 Å². The minimum atomic E-state index is -0.341. The molecule has 1 aromatic carbocycles. The summed E-state index contributed by atoms with van der Waals surface area (Å²) < 4.78 is 13.6. The lowest BCUT2D eigenvalue weighted by molar-refractivity contribution is 0.0932. The van der Waals surface area contributed by atoms with E-state index < -0.39 is 0 Å². The van der Waals surface area contributed by atoms with Crippen molar-refractivity contribution in [2.24, 2.45) is 0 Å². The average molecular weight is 332 g/mol. The molecule has 2 aromatic rings. The highest BCUT2D eigenvalue weighted by Gasteiger charge is 2.21. The topological polar surface area (TPSA) is 32.3 Å². The Kier molecular flexibility index (Phi) is 4.78. The number of aryl methyl sites for hydroxylation is 1. The zero-order valence-electron chi connectivity index (χ0n) is 13.4. The molecule has 23 heavy (non-hydrogen) atoms. The van der Waals surface area contributed by atoms with Gasteiger partial charge >= 0.3 is 0 Å². The van der Waals surface area contributed by atoms with Crippen LogP contribution in [-0.2, 0) is 13.0 Å². The van der Waals surface area contributed by atoms with E-state index >= 15 is 0 Å². The Bertz CT molecular complexity index is 713. The number of rotatable bonds is 4. The summed E-state index contributed by atoms with van der Waals surface area (Å²) in [6.45, 7) is 6.33. The minimum absolute atomic E-state index is 0.219. The van der Waals surface area contributed by atoms with Gasteiger partial charge in [-0.3, -0.25) is 9.69 Å². The predicted octanol–water partition coefficient (Wildman–Crippen LogP) is 3.37. The molecule has 1 aromatic heterocycles. The van der Waals surface area contributed by atoms with Crippen LogP contribution in [0.15, 0.2) is 29.6 Å². The van der Waals surface area contributed by atoms with E-state index in [4.69, 9.17) is 0 Å². The highest BCUT2D eigenvalue weighted by atomic mass is 32.1. The lowest BCUT2D eigenvalue weighted by Gasteiger charge is -2.32. The molecule has 1 N–H and O–H groups in total. The molecule has 0 bridgehead atoms. The van der Waals surface area contributed by atoms with Crippen molar-refractivity contribution < 1.29 is 9.18 Å². The maximum absolute atomic E-state index is 13.6. The molecule has 1 aliphatic rings.